The molecule has 1 rings (SSSR count). The van der Waals surface area contributed by atoms with E-state index >= 15 is 0 Å². The number of aryl methyl sites for hydroxylation is 1. The lowest BCUT2D eigenvalue weighted by Gasteiger charge is -2.07. The van der Waals surface area contributed by atoms with Crippen molar-refractivity contribution in [2.75, 3.05) is 0 Å². The van der Waals surface area contributed by atoms with Crippen LogP contribution >= 0.6 is 0 Å². The lowest BCUT2D eigenvalue weighted by atomic mass is 10.2. The normalized spacial score (nSPS) is 8.87. The van der Waals surface area contributed by atoms with Crippen molar-refractivity contribution in [3.05, 3.63) is 17.5 Å². The standard InChI is InChI=1S/C9H16N2.2C2H6/c1-5-9-6-10-11(7(2)3)8(9)4;2*1-2/h6-7H,5H2,1-4H3;2*1-2H3. The highest BCUT2D eigenvalue weighted by Crippen LogP contribution is 2.12. The van der Waals surface area contributed by atoms with Crippen LogP contribution in [-0.2, 0) is 6.42 Å². The van der Waals surface area contributed by atoms with Gasteiger partial charge in [-0.3, -0.25) is 4.68 Å². The quantitative estimate of drug-likeness (QED) is 0.711. The van der Waals surface area contributed by atoms with Crippen LogP contribution in [0.3, 0.4) is 0 Å². The Labute approximate surface area is 95.7 Å². The summed E-state index contributed by atoms with van der Waals surface area (Å²) in [5.41, 5.74) is 2.67. The molecule has 0 spiro atoms. The van der Waals surface area contributed by atoms with Gasteiger partial charge < -0.3 is 0 Å². The van der Waals surface area contributed by atoms with Gasteiger partial charge in [-0.15, -0.1) is 0 Å². The number of rotatable bonds is 2. The zero-order valence-corrected chi connectivity index (χ0v) is 11.8. The molecule has 1 aromatic heterocycles. The molecule has 15 heavy (non-hydrogen) atoms. The first-order chi connectivity index (χ1) is 7.16. The molecule has 0 saturated carbocycles. The minimum absolute atomic E-state index is 0.482. The van der Waals surface area contributed by atoms with Crippen molar-refractivity contribution < 1.29 is 0 Å². The van der Waals surface area contributed by atoms with Gasteiger partial charge in [-0.1, -0.05) is 34.6 Å². The van der Waals surface area contributed by atoms with Gasteiger partial charge in [0.25, 0.3) is 0 Å². The van der Waals surface area contributed by atoms with E-state index in [1.165, 1.54) is 11.3 Å². The lowest BCUT2D eigenvalue weighted by molar-refractivity contribution is 0.518. The molecule has 0 radical (unpaired) electrons. The summed E-state index contributed by atoms with van der Waals surface area (Å²) in [6.45, 7) is 16.6. The molecule has 2 heteroatoms. The molecule has 0 fully saturated rings. The summed E-state index contributed by atoms with van der Waals surface area (Å²) in [5.74, 6) is 0. The molecule has 0 saturated heterocycles. The fraction of sp³-hybridized carbons (Fsp3) is 0.769. The average Bonchev–Trinajstić information content (AvgIpc) is 2.65. The van der Waals surface area contributed by atoms with E-state index in [1.54, 1.807) is 0 Å². The molecular weight excluding hydrogens is 184 g/mol. The molecule has 1 heterocycles. The smallest absolute Gasteiger partial charge is 0.0524 e. The Morgan fingerprint density at radius 3 is 1.87 bits per heavy atom. The van der Waals surface area contributed by atoms with Gasteiger partial charge >= 0.3 is 0 Å². The van der Waals surface area contributed by atoms with Gasteiger partial charge in [0.15, 0.2) is 0 Å². The molecule has 2 nitrogen and oxygen atoms in total. The average molecular weight is 212 g/mol. The zero-order chi connectivity index (χ0) is 12.4. The minimum atomic E-state index is 0.482. The zero-order valence-electron chi connectivity index (χ0n) is 11.8. The molecule has 0 aliphatic heterocycles. The Bertz CT molecular complexity index is 237. The van der Waals surface area contributed by atoms with Crippen LogP contribution in [0.2, 0.25) is 0 Å². The largest absolute Gasteiger partial charge is 0.267 e. The van der Waals surface area contributed by atoms with E-state index < -0.39 is 0 Å². The van der Waals surface area contributed by atoms with Crippen molar-refractivity contribution in [2.24, 2.45) is 0 Å². The highest BCUT2D eigenvalue weighted by atomic mass is 15.3. The second kappa shape index (κ2) is 9.75. The second-order valence-corrected chi connectivity index (χ2v) is 3.15. The topological polar surface area (TPSA) is 17.8 Å². The third-order valence-electron chi connectivity index (χ3n) is 2.02. The van der Waals surface area contributed by atoms with Crippen LogP contribution < -0.4 is 0 Å². The first-order valence-corrected chi connectivity index (χ1v) is 6.19. The maximum Gasteiger partial charge on any atom is 0.0524 e. The SMILES string of the molecule is CC.CC.CCc1cnn(C(C)C)c1C. The van der Waals surface area contributed by atoms with Gasteiger partial charge in [0, 0.05) is 11.7 Å². The van der Waals surface area contributed by atoms with Gasteiger partial charge in [-0.25, -0.2) is 0 Å². The van der Waals surface area contributed by atoms with Crippen molar-refractivity contribution in [1.29, 1.82) is 0 Å². The van der Waals surface area contributed by atoms with Crippen molar-refractivity contribution in [3.63, 3.8) is 0 Å². The maximum absolute atomic E-state index is 4.30. The van der Waals surface area contributed by atoms with Crippen molar-refractivity contribution in [2.45, 2.75) is 67.9 Å². The first kappa shape index (κ1) is 16.6. The van der Waals surface area contributed by atoms with Crippen LogP contribution in [0.15, 0.2) is 6.20 Å². The van der Waals surface area contributed by atoms with Crippen molar-refractivity contribution in [3.8, 4) is 0 Å². The summed E-state index contributed by atoms with van der Waals surface area (Å²) in [5, 5.41) is 4.30. The van der Waals surface area contributed by atoms with Gasteiger partial charge in [-0.05, 0) is 32.8 Å². The number of hydrogen-bond acceptors (Lipinski definition) is 1. The summed E-state index contributed by atoms with van der Waals surface area (Å²) in [6.07, 6.45) is 3.05. The van der Waals surface area contributed by atoms with E-state index in [4.69, 9.17) is 0 Å². The summed E-state index contributed by atoms with van der Waals surface area (Å²) in [6, 6.07) is 0.482. The Balaban J connectivity index is 0. The van der Waals surface area contributed by atoms with Gasteiger partial charge in [0.1, 0.15) is 0 Å². The summed E-state index contributed by atoms with van der Waals surface area (Å²) in [7, 11) is 0. The van der Waals surface area contributed by atoms with Crippen LogP contribution in [0, 0.1) is 6.92 Å². The van der Waals surface area contributed by atoms with E-state index in [1.807, 2.05) is 33.9 Å². The van der Waals surface area contributed by atoms with Crippen molar-refractivity contribution in [1.82, 2.24) is 9.78 Å². The van der Waals surface area contributed by atoms with E-state index in [2.05, 4.69) is 37.5 Å². The predicted octanol–water partition coefficient (Wildman–Crippen LogP) is 4.39. The molecular formula is C13H28N2. The molecule has 0 atom stereocenters. The maximum atomic E-state index is 4.30. The number of aromatic nitrogens is 2. The summed E-state index contributed by atoms with van der Waals surface area (Å²) in [4.78, 5) is 0. The summed E-state index contributed by atoms with van der Waals surface area (Å²) < 4.78 is 2.07. The molecule has 90 valence electrons. The van der Waals surface area contributed by atoms with E-state index in [9.17, 15) is 0 Å². The van der Waals surface area contributed by atoms with E-state index in [0.29, 0.717) is 6.04 Å². The highest BCUT2D eigenvalue weighted by Gasteiger charge is 2.05. The third-order valence-corrected chi connectivity index (χ3v) is 2.02. The van der Waals surface area contributed by atoms with Crippen molar-refractivity contribution >= 4 is 0 Å². The number of hydrogen-bond donors (Lipinski definition) is 0. The molecule has 0 bridgehead atoms. The first-order valence-electron chi connectivity index (χ1n) is 6.19. The Morgan fingerprint density at radius 1 is 1.20 bits per heavy atom. The monoisotopic (exact) mass is 212 g/mol. The Morgan fingerprint density at radius 2 is 1.67 bits per heavy atom. The van der Waals surface area contributed by atoms with Crippen LogP contribution in [0.5, 0.6) is 0 Å². The minimum Gasteiger partial charge on any atom is -0.267 e. The fourth-order valence-corrected chi connectivity index (χ4v) is 1.33. The van der Waals surface area contributed by atoms with Gasteiger partial charge in [0.05, 0.1) is 6.20 Å². The lowest BCUT2D eigenvalue weighted by Crippen LogP contribution is -2.04. The summed E-state index contributed by atoms with van der Waals surface area (Å²) >= 11 is 0. The van der Waals surface area contributed by atoms with Gasteiger partial charge in [-0.2, -0.15) is 5.10 Å². The molecule has 0 amide bonds. The number of nitrogens with zero attached hydrogens (tertiary/aromatic N) is 2. The van der Waals surface area contributed by atoms with Crippen LogP contribution in [0.4, 0.5) is 0 Å². The van der Waals surface area contributed by atoms with Crippen LogP contribution in [-0.4, -0.2) is 9.78 Å². The van der Waals surface area contributed by atoms with E-state index in [-0.39, 0.29) is 0 Å². The Kier molecular flexibility index (Phi) is 10.8. The molecule has 1 aromatic rings. The molecule has 0 aliphatic carbocycles. The van der Waals surface area contributed by atoms with Gasteiger partial charge in [0.2, 0.25) is 0 Å². The predicted molar refractivity (Wildman–Crippen MR) is 69.4 cm³/mol. The molecule has 0 unspecified atom stereocenters. The Hall–Kier alpha value is -0.790. The third kappa shape index (κ3) is 5.01. The fourth-order valence-electron chi connectivity index (χ4n) is 1.33. The highest BCUT2D eigenvalue weighted by molar-refractivity contribution is 5.15. The molecule has 0 aromatic carbocycles. The molecule has 0 N–H and O–H groups in total. The van der Waals surface area contributed by atoms with Crippen LogP contribution in [0.1, 0.15) is 65.8 Å². The second-order valence-electron chi connectivity index (χ2n) is 3.15. The van der Waals surface area contributed by atoms with E-state index in [0.717, 1.165) is 6.42 Å². The molecule has 0 aliphatic rings. The van der Waals surface area contributed by atoms with Crippen LogP contribution in [0.25, 0.3) is 0 Å².